The van der Waals surface area contributed by atoms with Crippen LogP contribution in [-0.4, -0.2) is 28.2 Å². The largest absolute Gasteiger partial charge is 0.339 e. The SMILES string of the molecule is c1ccc(CCc2nc(CC3CCCNC3)no2)nc1. The molecule has 1 unspecified atom stereocenters. The number of aromatic nitrogens is 3. The van der Waals surface area contributed by atoms with Gasteiger partial charge < -0.3 is 9.84 Å². The molecule has 0 radical (unpaired) electrons. The Balaban J connectivity index is 1.51. The minimum Gasteiger partial charge on any atom is -0.339 e. The minimum absolute atomic E-state index is 0.644. The molecule has 2 aromatic rings. The van der Waals surface area contributed by atoms with Gasteiger partial charge in [0.25, 0.3) is 0 Å². The highest BCUT2D eigenvalue weighted by Crippen LogP contribution is 2.15. The zero-order valence-corrected chi connectivity index (χ0v) is 11.6. The molecule has 0 aromatic carbocycles. The van der Waals surface area contributed by atoms with Crippen molar-refractivity contribution in [1.82, 2.24) is 20.4 Å². The van der Waals surface area contributed by atoms with Crippen molar-refractivity contribution >= 4 is 0 Å². The molecule has 0 aliphatic carbocycles. The number of piperidine rings is 1. The van der Waals surface area contributed by atoms with Crippen molar-refractivity contribution in [2.45, 2.75) is 32.1 Å². The summed E-state index contributed by atoms with van der Waals surface area (Å²) in [5, 5.41) is 7.50. The van der Waals surface area contributed by atoms with Gasteiger partial charge in [0.05, 0.1) is 0 Å². The third-order valence-corrected chi connectivity index (χ3v) is 3.70. The van der Waals surface area contributed by atoms with Crippen LogP contribution in [0.4, 0.5) is 0 Å². The number of pyridine rings is 1. The highest BCUT2D eigenvalue weighted by molar-refractivity contribution is 5.04. The summed E-state index contributed by atoms with van der Waals surface area (Å²) in [6, 6.07) is 5.94. The zero-order chi connectivity index (χ0) is 13.6. The first kappa shape index (κ1) is 13.2. The van der Waals surface area contributed by atoms with Gasteiger partial charge in [-0.25, -0.2) is 0 Å². The number of hydrogen-bond acceptors (Lipinski definition) is 5. The lowest BCUT2D eigenvalue weighted by molar-refractivity contribution is 0.349. The average Bonchev–Trinajstić information content (AvgIpc) is 2.95. The van der Waals surface area contributed by atoms with E-state index in [2.05, 4.69) is 20.4 Å². The Kier molecular flexibility index (Phi) is 4.38. The number of aryl methyl sites for hydroxylation is 2. The van der Waals surface area contributed by atoms with Crippen LogP contribution in [0, 0.1) is 5.92 Å². The van der Waals surface area contributed by atoms with Gasteiger partial charge in [0.15, 0.2) is 5.82 Å². The third kappa shape index (κ3) is 3.63. The Morgan fingerprint density at radius 2 is 2.30 bits per heavy atom. The van der Waals surface area contributed by atoms with Crippen LogP contribution in [0.2, 0.25) is 0 Å². The fourth-order valence-corrected chi connectivity index (χ4v) is 2.61. The maximum absolute atomic E-state index is 5.32. The molecule has 1 fully saturated rings. The van der Waals surface area contributed by atoms with Crippen LogP contribution in [0.1, 0.15) is 30.3 Å². The maximum Gasteiger partial charge on any atom is 0.227 e. The van der Waals surface area contributed by atoms with Crippen molar-refractivity contribution in [3.05, 3.63) is 41.8 Å². The van der Waals surface area contributed by atoms with Crippen molar-refractivity contribution < 1.29 is 4.52 Å². The fraction of sp³-hybridized carbons (Fsp3) is 0.533. The summed E-state index contributed by atoms with van der Waals surface area (Å²) in [4.78, 5) is 8.78. The molecule has 1 atom stereocenters. The van der Waals surface area contributed by atoms with E-state index < -0.39 is 0 Å². The molecule has 106 valence electrons. The smallest absolute Gasteiger partial charge is 0.227 e. The van der Waals surface area contributed by atoms with E-state index in [1.807, 2.05) is 24.4 Å². The highest BCUT2D eigenvalue weighted by Gasteiger charge is 2.16. The summed E-state index contributed by atoms with van der Waals surface area (Å²) < 4.78 is 5.32. The molecule has 0 saturated carbocycles. The number of rotatable bonds is 5. The van der Waals surface area contributed by atoms with Crippen molar-refractivity contribution in [3.8, 4) is 0 Å². The van der Waals surface area contributed by atoms with E-state index in [0.717, 1.165) is 49.8 Å². The lowest BCUT2D eigenvalue weighted by atomic mass is 9.96. The molecule has 0 amide bonds. The van der Waals surface area contributed by atoms with Crippen LogP contribution < -0.4 is 5.32 Å². The zero-order valence-electron chi connectivity index (χ0n) is 11.6. The minimum atomic E-state index is 0.644. The summed E-state index contributed by atoms with van der Waals surface area (Å²) in [5.74, 6) is 2.20. The van der Waals surface area contributed by atoms with Crippen molar-refractivity contribution in [2.75, 3.05) is 13.1 Å². The Bertz CT molecular complexity index is 520. The predicted octanol–water partition coefficient (Wildman–Crippen LogP) is 1.79. The molecular formula is C15H20N4O. The van der Waals surface area contributed by atoms with Gasteiger partial charge in [-0.15, -0.1) is 0 Å². The molecule has 5 heteroatoms. The Labute approximate surface area is 118 Å². The topological polar surface area (TPSA) is 63.8 Å². The van der Waals surface area contributed by atoms with E-state index in [1.165, 1.54) is 12.8 Å². The monoisotopic (exact) mass is 272 g/mol. The van der Waals surface area contributed by atoms with Crippen LogP contribution in [0.15, 0.2) is 28.9 Å². The number of nitrogens with one attached hydrogen (secondary N) is 1. The Morgan fingerprint density at radius 3 is 3.10 bits per heavy atom. The summed E-state index contributed by atoms with van der Waals surface area (Å²) in [7, 11) is 0. The average molecular weight is 272 g/mol. The first-order chi connectivity index (χ1) is 9.90. The van der Waals surface area contributed by atoms with Crippen LogP contribution in [0.3, 0.4) is 0 Å². The second-order valence-electron chi connectivity index (χ2n) is 5.34. The Morgan fingerprint density at radius 1 is 1.30 bits per heavy atom. The lowest BCUT2D eigenvalue weighted by Gasteiger charge is -2.20. The first-order valence-electron chi connectivity index (χ1n) is 7.32. The molecular weight excluding hydrogens is 252 g/mol. The van der Waals surface area contributed by atoms with Gasteiger partial charge in [-0.1, -0.05) is 11.2 Å². The van der Waals surface area contributed by atoms with E-state index in [0.29, 0.717) is 5.92 Å². The van der Waals surface area contributed by atoms with Crippen LogP contribution in [0.5, 0.6) is 0 Å². The number of hydrogen-bond donors (Lipinski definition) is 1. The fourth-order valence-electron chi connectivity index (χ4n) is 2.61. The Hall–Kier alpha value is -1.75. The summed E-state index contributed by atoms with van der Waals surface area (Å²) in [6.07, 6.45) is 6.82. The maximum atomic E-state index is 5.32. The summed E-state index contributed by atoms with van der Waals surface area (Å²) in [6.45, 7) is 2.20. The van der Waals surface area contributed by atoms with Crippen molar-refractivity contribution in [2.24, 2.45) is 5.92 Å². The van der Waals surface area contributed by atoms with E-state index in [-0.39, 0.29) is 0 Å². The highest BCUT2D eigenvalue weighted by atomic mass is 16.5. The molecule has 3 rings (SSSR count). The van der Waals surface area contributed by atoms with E-state index in [1.54, 1.807) is 0 Å². The van der Waals surface area contributed by atoms with Crippen LogP contribution in [-0.2, 0) is 19.3 Å². The van der Waals surface area contributed by atoms with Gasteiger partial charge in [0, 0.05) is 24.7 Å². The van der Waals surface area contributed by atoms with Gasteiger partial charge >= 0.3 is 0 Å². The van der Waals surface area contributed by atoms with Crippen molar-refractivity contribution in [1.29, 1.82) is 0 Å². The number of nitrogens with zero attached hydrogens (tertiary/aromatic N) is 3. The lowest BCUT2D eigenvalue weighted by Crippen LogP contribution is -2.31. The molecule has 1 aliphatic rings. The normalized spacial score (nSPS) is 19.1. The summed E-state index contributed by atoms with van der Waals surface area (Å²) >= 11 is 0. The van der Waals surface area contributed by atoms with Crippen LogP contribution in [0.25, 0.3) is 0 Å². The molecule has 3 heterocycles. The van der Waals surface area contributed by atoms with Crippen molar-refractivity contribution in [3.63, 3.8) is 0 Å². The molecule has 5 nitrogen and oxygen atoms in total. The van der Waals surface area contributed by atoms with E-state index >= 15 is 0 Å². The van der Waals surface area contributed by atoms with Gasteiger partial charge in [0.1, 0.15) is 0 Å². The predicted molar refractivity (Wildman–Crippen MR) is 75.2 cm³/mol. The quantitative estimate of drug-likeness (QED) is 0.899. The standard InChI is InChI=1S/C15H20N4O/c1-2-9-17-13(5-1)6-7-15-18-14(19-20-15)10-12-4-3-8-16-11-12/h1-2,5,9,12,16H,3-4,6-8,10-11H2. The van der Waals surface area contributed by atoms with Gasteiger partial charge in [0.2, 0.25) is 5.89 Å². The van der Waals surface area contributed by atoms with E-state index in [9.17, 15) is 0 Å². The van der Waals surface area contributed by atoms with E-state index in [4.69, 9.17) is 4.52 Å². The molecule has 0 spiro atoms. The summed E-state index contributed by atoms with van der Waals surface area (Å²) in [5.41, 5.74) is 1.06. The molecule has 0 bridgehead atoms. The van der Waals surface area contributed by atoms with Gasteiger partial charge in [-0.3, -0.25) is 4.98 Å². The molecule has 20 heavy (non-hydrogen) atoms. The second-order valence-corrected chi connectivity index (χ2v) is 5.34. The van der Waals surface area contributed by atoms with Gasteiger partial charge in [-0.2, -0.15) is 4.98 Å². The van der Waals surface area contributed by atoms with Gasteiger partial charge in [-0.05, 0) is 50.4 Å². The van der Waals surface area contributed by atoms with Crippen LogP contribution >= 0.6 is 0 Å². The third-order valence-electron chi connectivity index (χ3n) is 3.70. The molecule has 1 saturated heterocycles. The first-order valence-corrected chi connectivity index (χ1v) is 7.32. The molecule has 1 N–H and O–H groups in total. The molecule has 1 aliphatic heterocycles. The second kappa shape index (κ2) is 6.61. The molecule has 2 aromatic heterocycles.